The van der Waals surface area contributed by atoms with E-state index in [0.29, 0.717) is 33.8 Å². The molecule has 1 amide bonds. The van der Waals surface area contributed by atoms with E-state index in [2.05, 4.69) is 37.1 Å². The van der Waals surface area contributed by atoms with E-state index >= 15 is 0 Å². The van der Waals surface area contributed by atoms with Gasteiger partial charge in [-0.05, 0) is 49.9 Å². The van der Waals surface area contributed by atoms with Gasteiger partial charge in [0.2, 0.25) is 5.91 Å². The number of carbonyl (C=O) groups is 1. The van der Waals surface area contributed by atoms with Gasteiger partial charge >= 0.3 is 0 Å². The summed E-state index contributed by atoms with van der Waals surface area (Å²) in [6.07, 6.45) is 4.88. The van der Waals surface area contributed by atoms with Crippen molar-refractivity contribution in [1.29, 1.82) is 0 Å². The number of pyridine rings is 1. The molecule has 8 nitrogen and oxygen atoms in total. The molecule has 0 bridgehead atoms. The average Bonchev–Trinajstić information content (AvgIpc) is 3.29. The van der Waals surface area contributed by atoms with Crippen LogP contribution in [0, 0.1) is 11.6 Å². The fourth-order valence-electron chi connectivity index (χ4n) is 4.26. The quantitative estimate of drug-likeness (QED) is 0.347. The Labute approximate surface area is 212 Å². The summed E-state index contributed by atoms with van der Waals surface area (Å²) < 4.78 is 34.8. The van der Waals surface area contributed by atoms with Gasteiger partial charge in [0.15, 0.2) is 0 Å². The monoisotopic (exact) mass is 502 g/mol. The zero-order valence-electron chi connectivity index (χ0n) is 20.0. The highest BCUT2D eigenvalue weighted by Crippen LogP contribution is 2.35. The lowest BCUT2D eigenvalue weighted by Crippen LogP contribution is -2.22. The SMILES string of the molecule is C=CC(=O)Nc1cc2c(Nc3ccnc(-c4c(F)cccc4F)c3)ncnc2cc1OC1CCN(C)C1. The van der Waals surface area contributed by atoms with Crippen LogP contribution in [0.4, 0.5) is 26.0 Å². The van der Waals surface area contributed by atoms with Gasteiger partial charge in [-0.3, -0.25) is 9.78 Å². The molecule has 1 fully saturated rings. The standard InChI is InChI=1S/C27H24F2N6O2/c1-3-25(36)34-22-12-18-21(13-24(22)37-17-8-10-35(2)14-17)31-15-32-27(18)33-16-7-9-30-23(11-16)26-19(28)5-4-6-20(26)29/h3-7,9,11-13,15,17H,1,8,10,14H2,2H3,(H,34,36)(H,30,31,32,33). The molecule has 37 heavy (non-hydrogen) atoms. The van der Waals surface area contributed by atoms with Crippen LogP contribution >= 0.6 is 0 Å². The van der Waals surface area contributed by atoms with Crippen molar-refractivity contribution in [1.82, 2.24) is 19.9 Å². The fraction of sp³-hybridized carbons (Fsp3) is 0.185. The second kappa shape index (κ2) is 10.3. The van der Waals surface area contributed by atoms with Gasteiger partial charge in [0, 0.05) is 36.4 Å². The highest BCUT2D eigenvalue weighted by molar-refractivity contribution is 6.03. The van der Waals surface area contributed by atoms with Crippen molar-refractivity contribution < 1.29 is 18.3 Å². The molecule has 0 radical (unpaired) electrons. The maximum absolute atomic E-state index is 14.3. The highest BCUT2D eigenvalue weighted by atomic mass is 19.1. The summed E-state index contributed by atoms with van der Waals surface area (Å²) in [5.74, 6) is -0.877. The molecule has 0 aliphatic carbocycles. The number of halogens is 2. The smallest absolute Gasteiger partial charge is 0.247 e. The Balaban J connectivity index is 1.51. The normalized spacial score (nSPS) is 15.5. The first-order chi connectivity index (χ1) is 17.9. The summed E-state index contributed by atoms with van der Waals surface area (Å²) in [6.45, 7) is 5.22. The van der Waals surface area contributed by atoms with E-state index in [0.717, 1.165) is 19.5 Å². The zero-order chi connectivity index (χ0) is 25.9. The van der Waals surface area contributed by atoms with E-state index in [1.54, 1.807) is 18.2 Å². The predicted molar refractivity (Wildman–Crippen MR) is 138 cm³/mol. The molecule has 5 rings (SSSR count). The zero-order valence-corrected chi connectivity index (χ0v) is 20.0. The Morgan fingerprint density at radius 2 is 1.97 bits per heavy atom. The van der Waals surface area contributed by atoms with Crippen LogP contribution in [0.3, 0.4) is 0 Å². The summed E-state index contributed by atoms with van der Waals surface area (Å²) in [6, 6.07) is 10.3. The van der Waals surface area contributed by atoms with Crippen LogP contribution in [0.5, 0.6) is 5.75 Å². The third-order valence-electron chi connectivity index (χ3n) is 6.06. The third kappa shape index (κ3) is 5.24. The number of likely N-dealkylation sites (N-methyl/N-ethyl adjacent to an activating group) is 1. The van der Waals surface area contributed by atoms with Crippen molar-refractivity contribution in [2.24, 2.45) is 0 Å². The minimum atomic E-state index is -0.708. The molecule has 3 heterocycles. The van der Waals surface area contributed by atoms with E-state index < -0.39 is 11.6 Å². The van der Waals surface area contributed by atoms with Crippen molar-refractivity contribution in [3.05, 3.63) is 79.3 Å². The summed E-state index contributed by atoms with van der Waals surface area (Å²) in [7, 11) is 2.03. The number of hydrogen-bond donors (Lipinski definition) is 2. The molecule has 2 aromatic carbocycles. The van der Waals surface area contributed by atoms with Crippen LogP contribution in [0.25, 0.3) is 22.2 Å². The lowest BCUT2D eigenvalue weighted by molar-refractivity contribution is -0.111. The molecule has 2 aromatic heterocycles. The Kier molecular flexibility index (Phi) is 6.74. The first-order valence-electron chi connectivity index (χ1n) is 11.7. The highest BCUT2D eigenvalue weighted by Gasteiger charge is 2.23. The van der Waals surface area contributed by atoms with Crippen LogP contribution in [0.15, 0.2) is 67.6 Å². The van der Waals surface area contributed by atoms with Crippen molar-refractivity contribution in [2.45, 2.75) is 12.5 Å². The molecule has 1 aliphatic heterocycles. The molecular weight excluding hydrogens is 478 g/mol. The minimum absolute atomic E-state index is 0.0183. The first-order valence-corrected chi connectivity index (χ1v) is 11.7. The van der Waals surface area contributed by atoms with Crippen LogP contribution in [0.1, 0.15) is 6.42 Å². The summed E-state index contributed by atoms with van der Waals surface area (Å²) in [5, 5.41) is 6.58. The maximum Gasteiger partial charge on any atom is 0.247 e. The second-order valence-electron chi connectivity index (χ2n) is 8.72. The Morgan fingerprint density at radius 3 is 2.70 bits per heavy atom. The number of likely N-dealkylation sites (tertiary alicyclic amines) is 1. The van der Waals surface area contributed by atoms with Gasteiger partial charge in [0.05, 0.1) is 22.5 Å². The molecular formula is C27H24F2N6O2. The van der Waals surface area contributed by atoms with Crippen molar-refractivity contribution in [3.8, 4) is 17.0 Å². The summed E-state index contributed by atoms with van der Waals surface area (Å²) in [5.41, 5.74) is 1.47. The Hall–Kier alpha value is -4.44. The number of amides is 1. The topological polar surface area (TPSA) is 92.3 Å². The molecule has 2 N–H and O–H groups in total. The Bertz CT molecular complexity index is 1480. The van der Waals surface area contributed by atoms with Gasteiger partial charge in [-0.25, -0.2) is 18.7 Å². The van der Waals surface area contributed by atoms with Gasteiger partial charge in [-0.1, -0.05) is 12.6 Å². The largest absolute Gasteiger partial charge is 0.487 e. The van der Waals surface area contributed by atoms with Crippen molar-refractivity contribution in [3.63, 3.8) is 0 Å². The lowest BCUT2D eigenvalue weighted by atomic mass is 10.1. The lowest BCUT2D eigenvalue weighted by Gasteiger charge is -2.18. The number of ether oxygens (including phenoxy) is 1. The number of carbonyl (C=O) groups excluding carboxylic acids is 1. The minimum Gasteiger partial charge on any atom is -0.487 e. The van der Waals surface area contributed by atoms with Crippen LogP contribution in [0.2, 0.25) is 0 Å². The van der Waals surface area contributed by atoms with Gasteiger partial charge in [0.25, 0.3) is 0 Å². The number of fused-ring (bicyclic) bond motifs is 1. The molecule has 1 unspecified atom stereocenters. The molecule has 0 saturated carbocycles. The molecule has 1 atom stereocenters. The van der Waals surface area contributed by atoms with Crippen molar-refractivity contribution in [2.75, 3.05) is 30.8 Å². The van der Waals surface area contributed by atoms with Gasteiger partial charge in [0.1, 0.15) is 35.6 Å². The predicted octanol–water partition coefficient (Wildman–Crippen LogP) is 4.92. The van der Waals surface area contributed by atoms with E-state index in [1.807, 2.05) is 7.05 Å². The number of rotatable bonds is 7. The van der Waals surface area contributed by atoms with Gasteiger partial charge in [-0.2, -0.15) is 0 Å². The third-order valence-corrected chi connectivity index (χ3v) is 6.06. The molecule has 4 aromatic rings. The first kappa shape index (κ1) is 24.3. The number of nitrogens with zero attached hydrogens (tertiary/aromatic N) is 4. The second-order valence-corrected chi connectivity index (χ2v) is 8.72. The summed E-state index contributed by atoms with van der Waals surface area (Å²) in [4.78, 5) is 27.2. The van der Waals surface area contributed by atoms with Gasteiger partial charge in [-0.15, -0.1) is 0 Å². The van der Waals surface area contributed by atoms with Crippen LogP contribution in [-0.4, -0.2) is 52.0 Å². The molecule has 0 spiro atoms. The maximum atomic E-state index is 14.3. The number of anilines is 3. The fourth-order valence-corrected chi connectivity index (χ4v) is 4.26. The van der Waals surface area contributed by atoms with E-state index in [1.165, 1.54) is 42.9 Å². The van der Waals surface area contributed by atoms with Crippen LogP contribution in [-0.2, 0) is 4.79 Å². The van der Waals surface area contributed by atoms with E-state index in [-0.39, 0.29) is 23.3 Å². The van der Waals surface area contributed by atoms with Crippen molar-refractivity contribution >= 4 is 34.0 Å². The Morgan fingerprint density at radius 1 is 1.16 bits per heavy atom. The molecule has 1 aliphatic rings. The molecule has 1 saturated heterocycles. The number of hydrogen-bond acceptors (Lipinski definition) is 7. The molecule has 10 heteroatoms. The van der Waals surface area contributed by atoms with E-state index in [4.69, 9.17) is 4.74 Å². The number of nitrogens with one attached hydrogen (secondary N) is 2. The van der Waals surface area contributed by atoms with Crippen LogP contribution < -0.4 is 15.4 Å². The average molecular weight is 503 g/mol. The molecule has 188 valence electrons. The number of benzene rings is 2. The van der Waals surface area contributed by atoms with E-state index in [9.17, 15) is 13.6 Å². The summed E-state index contributed by atoms with van der Waals surface area (Å²) >= 11 is 0. The number of aromatic nitrogens is 3. The van der Waals surface area contributed by atoms with Gasteiger partial charge < -0.3 is 20.3 Å².